The number of rotatable bonds is 13. The van der Waals surface area contributed by atoms with Gasteiger partial charge in [-0.15, -0.1) is 11.8 Å². The number of non-ortho nitro benzene ring substituents is 1. The Balaban J connectivity index is 1.35. The van der Waals surface area contributed by atoms with E-state index in [2.05, 4.69) is 33.9 Å². The number of carbonyl (C=O) groups excluding carboxylic acids is 4. The van der Waals surface area contributed by atoms with Crippen molar-refractivity contribution < 1.29 is 37.4 Å². The number of benzene rings is 2. The largest absolute Gasteiger partial charge is 0.445 e. The van der Waals surface area contributed by atoms with Gasteiger partial charge in [0, 0.05) is 60.3 Å². The zero-order chi connectivity index (χ0) is 38.8. The van der Waals surface area contributed by atoms with E-state index in [0.717, 1.165) is 16.9 Å². The molecule has 0 aliphatic carbocycles. The summed E-state index contributed by atoms with van der Waals surface area (Å²) >= 11 is 2.33. The highest BCUT2D eigenvalue weighted by Crippen LogP contribution is 2.53. The van der Waals surface area contributed by atoms with Gasteiger partial charge in [-0.3, -0.25) is 24.6 Å². The molecule has 2 aromatic rings. The Hall–Kier alpha value is -3.86. The lowest BCUT2D eigenvalue weighted by Crippen LogP contribution is -2.60. The fourth-order valence-corrected chi connectivity index (χ4v) is 9.64. The Bertz CT molecular complexity index is 1750. The predicted molar refractivity (Wildman–Crippen MR) is 205 cm³/mol. The molecule has 0 N–H and O–H groups in total. The zero-order valence-corrected chi connectivity index (χ0v) is 34.0. The Morgan fingerprint density at radius 2 is 1.72 bits per heavy atom. The number of β-lactam (4-membered cyclic amide) rings is 1. The van der Waals surface area contributed by atoms with Crippen LogP contribution in [0, 0.1) is 22.0 Å². The topological polar surface area (TPSA) is 149 Å². The van der Waals surface area contributed by atoms with Gasteiger partial charge in [0.15, 0.2) is 8.32 Å². The maximum atomic E-state index is 13.8. The molecular formula is C37H48N4O9S2Si. The van der Waals surface area contributed by atoms with Crippen LogP contribution in [0.25, 0.3) is 0 Å². The van der Waals surface area contributed by atoms with Gasteiger partial charge in [0.1, 0.15) is 18.3 Å². The number of fused-ring (bicyclic) bond motifs is 1. The number of likely N-dealkylation sites (N-methyl/N-ethyl adjacent to an activating group) is 1. The lowest BCUT2D eigenvalue weighted by Gasteiger charge is -2.46. The van der Waals surface area contributed by atoms with Crippen LogP contribution >= 0.6 is 23.8 Å². The maximum absolute atomic E-state index is 13.8. The summed E-state index contributed by atoms with van der Waals surface area (Å²) in [6, 6.07) is 13.8. The van der Waals surface area contributed by atoms with E-state index >= 15 is 0 Å². The van der Waals surface area contributed by atoms with Gasteiger partial charge < -0.3 is 23.1 Å². The third-order valence-electron chi connectivity index (χ3n) is 10.5. The van der Waals surface area contributed by atoms with Crippen LogP contribution in [0.3, 0.4) is 0 Å². The predicted octanol–water partition coefficient (Wildman–Crippen LogP) is 6.85. The highest BCUT2D eigenvalue weighted by Gasteiger charge is 2.59. The smallest absolute Gasteiger partial charge is 0.410 e. The van der Waals surface area contributed by atoms with Crippen LogP contribution in [0.5, 0.6) is 0 Å². The van der Waals surface area contributed by atoms with Gasteiger partial charge in [0.25, 0.3) is 5.69 Å². The Morgan fingerprint density at radius 3 is 2.32 bits per heavy atom. The van der Waals surface area contributed by atoms with Crippen LogP contribution in [-0.4, -0.2) is 96.4 Å². The van der Waals surface area contributed by atoms with Gasteiger partial charge in [-0.2, -0.15) is 0 Å². The van der Waals surface area contributed by atoms with Crippen molar-refractivity contribution in [2.75, 3.05) is 27.2 Å². The molecule has 2 unspecified atom stereocenters. The quantitative estimate of drug-likeness (QED) is 0.0691. The van der Waals surface area contributed by atoms with Crippen LogP contribution in [0.2, 0.25) is 18.1 Å². The van der Waals surface area contributed by atoms with E-state index in [9.17, 15) is 29.3 Å². The van der Waals surface area contributed by atoms with Crippen molar-refractivity contribution in [1.29, 1.82) is 0 Å². The van der Waals surface area contributed by atoms with Gasteiger partial charge >= 0.3 is 12.1 Å². The third-order valence-corrected chi connectivity index (χ3v) is 17.3. The Kier molecular flexibility index (Phi) is 12.4. The lowest BCUT2D eigenvalue weighted by molar-refractivity contribution is -0.384. The SMILES string of the molecule is C[C@@H]1C(SC2CC(C(=O)N(C)C)N(C(=O)OCc3ccc([N+](=O)[O-])cc3)C2)=C(C(=O)OSc2ccccc2)N2C(=O)[C@@H](CCO[Si](C)(C)C(C)(C)C)[C@@H]12. The number of nitrogens with zero attached hydrogens (tertiary/aromatic N) is 4. The maximum Gasteiger partial charge on any atom is 0.410 e. The molecule has 286 valence electrons. The normalized spacial score (nSPS) is 22.7. The van der Waals surface area contributed by atoms with Crippen LogP contribution in [0.15, 0.2) is 70.1 Å². The summed E-state index contributed by atoms with van der Waals surface area (Å²) in [5, 5.41) is 10.8. The molecular weight excluding hydrogens is 737 g/mol. The number of thioether (sulfide) groups is 1. The molecule has 5 rings (SSSR count). The Morgan fingerprint density at radius 1 is 1.06 bits per heavy atom. The molecule has 0 radical (unpaired) electrons. The van der Waals surface area contributed by atoms with Gasteiger partial charge in [0.2, 0.25) is 11.8 Å². The van der Waals surface area contributed by atoms with Crippen LogP contribution in [0.4, 0.5) is 10.5 Å². The summed E-state index contributed by atoms with van der Waals surface area (Å²) in [5.41, 5.74) is 0.687. The summed E-state index contributed by atoms with van der Waals surface area (Å²) in [6.07, 6.45) is 0.140. The van der Waals surface area contributed by atoms with Gasteiger partial charge in [-0.25, -0.2) is 9.59 Å². The highest BCUT2D eigenvalue weighted by atomic mass is 32.2. The van der Waals surface area contributed by atoms with E-state index in [1.807, 2.05) is 37.3 Å². The molecule has 3 aliphatic heterocycles. The summed E-state index contributed by atoms with van der Waals surface area (Å²) < 4.78 is 17.7. The van der Waals surface area contributed by atoms with E-state index in [4.69, 9.17) is 13.3 Å². The van der Waals surface area contributed by atoms with Crippen molar-refractivity contribution in [3.63, 3.8) is 0 Å². The first-order valence-electron chi connectivity index (χ1n) is 17.6. The first-order chi connectivity index (χ1) is 24.9. The molecule has 16 heteroatoms. The number of amides is 3. The molecule has 3 amide bonds. The highest BCUT2D eigenvalue weighted by molar-refractivity contribution is 8.03. The third kappa shape index (κ3) is 8.76. The molecule has 5 atom stereocenters. The number of hydrogen-bond acceptors (Lipinski definition) is 11. The minimum absolute atomic E-state index is 0.0279. The molecule has 2 fully saturated rings. The van der Waals surface area contributed by atoms with E-state index in [1.54, 1.807) is 19.0 Å². The van der Waals surface area contributed by atoms with Crippen LogP contribution in [-0.2, 0) is 34.3 Å². The van der Waals surface area contributed by atoms with E-state index in [0.29, 0.717) is 29.9 Å². The van der Waals surface area contributed by atoms with Crippen molar-refractivity contribution in [2.24, 2.45) is 11.8 Å². The first-order valence-corrected chi connectivity index (χ1v) is 22.1. The molecule has 13 nitrogen and oxygen atoms in total. The van der Waals surface area contributed by atoms with E-state index in [1.165, 1.54) is 45.8 Å². The number of nitro groups is 1. The van der Waals surface area contributed by atoms with Crippen molar-refractivity contribution in [1.82, 2.24) is 14.7 Å². The molecule has 2 saturated heterocycles. The average Bonchev–Trinajstić information content (AvgIpc) is 3.64. The van der Waals surface area contributed by atoms with E-state index < -0.39 is 31.3 Å². The molecule has 3 heterocycles. The summed E-state index contributed by atoms with van der Waals surface area (Å²) in [5.74, 6) is -1.57. The fourth-order valence-electron chi connectivity index (χ4n) is 6.54. The zero-order valence-electron chi connectivity index (χ0n) is 31.4. The number of hydrogen-bond donors (Lipinski definition) is 0. The lowest BCUT2D eigenvalue weighted by atomic mass is 9.80. The monoisotopic (exact) mass is 784 g/mol. The molecule has 2 aromatic carbocycles. The minimum Gasteiger partial charge on any atom is -0.445 e. The Labute approximate surface area is 320 Å². The molecule has 3 aliphatic rings. The molecule has 0 aromatic heterocycles. The van der Waals surface area contributed by atoms with Gasteiger partial charge in [-0.05, 0) is 60.8 Å². The molecule has 53 heavy (non-hydrogen) atoms. The average molecular weight is 785 g/mol. The second-order valence-electron chi connectivity index (χ2n) is 15.3. The van der Waals surface area contributed by atoms with Gasteiger partial charge in [0.05, 0.1) is 28.9 Å². The molecule has 0 bridgehead atoms. The summed E-state index contributed by atoms with van der Waals surface area (Å²) in [4.78, 5) is 70.8. The minimum atomic E-state index is -2.03. The first kappa shape index (κ1) is 40.3. The van der Waals surface area contributed by atoms with Gasteiger partial charge in [-0.1, -0.05) is 45.9 Å². The summed E-state index contributed by atoms with van der Waals surface area (Å²) in [7, 11) is 1.21. The van der Waals surface area contributed by atoms with Crippen molar-refractivity contribution in [2.45, 2.75) is 87.5 Å². The van der Waals surface area contributed by atoms with Crippen LogP contribution < -0.4 is 0 Å². The van der Waals surface area contributed by atoms with Crippen molar-refractivity contribution >= 4 is 61.7 Å². The second-order valence-corrected chi connectivity index (χ2v) is 22.3. The van der Waals surface area contributed by atoms with Crippen LogP contribution in [0.1, 0.15) is 46.1 Å². The standard InChI is InChI=1S/C37H48N4O9S2Si/c1-23-30-28(18-19-49-53(7,8)37(2,3)4)33(42)40(30)31(35(44)50-52-26-12-10-9-11-13-26)32(23)51-27-20-29(34(43)38(5)6)39(21-27)36(45)48-22-24-14-16-25(17-15-24)41(46)47/h9-17,23,27-30H,18-22H2,1-8H3/t23-,27?,28-,29?,30+/m0/s1. The van der Waals surface area contributed by atoms with Crippen molar-refractivity contribution in [3.8, 4) is 0 Å². The summed E-state index contributed by atoms with van der Waals surface area (Å²) in [6.45, 7) is 13.4. The van der Waals surface area contributed by atoms with Crippen molar-refractivity contribution in [3.05, 3.63) is 80.9 Å². The molecule has 0 spiro atoms. The number of ether oxygens (including phenoxy) is 1. The second kappa shape index (κ2) is 16.2. The molecule has 0 saturated carbocycles. The number of likely N-dealkylation sites (tertiary alicyclic amines) is 1. The number of carbonyl (C=O) groups is 4. The number of nitro benzene ring substituents is 1. The fraction of sp³-hybridized carbons (Fsp3) is 0.514. The van der Waals surface area contributed by atoms with E-state index in [-0.39, 0.29) is 64.5 Å².